The molecule has 0 saturated heterocycles. The van der Waals surface area contributed by atoms with E-state index in [2.05, 4.69) is 10.6 Å². The first kappa shape index (κ1) is 12.6. The van der Waals surface area contributed by atoms with Crippen LogP contribution in [0.4, 0.5) is 16.2 Å². The molecule has 5 N–H and O–H groups in total. The summed E-state index contributed by atoms with van der Waals surface area (Å²) in [4.78, 5) is 11.7. The second kappa shape index (κ2) is 5.68. The average molecular weight is 254 g/mol. The van der Waals surface area contributed by atoms with Crippen molar-refractivity contribution in [3.05, 3.63) is 60.2 Å². The van der Waals surface area contributed by atoms with E-state index < -0.39 is 0 Å². The normalized spacial score (nSPS) is 9.68. The van der Waals surface area contributed by atoms with Crippen LogP contribution in [0.1, 0.15) is 5.56 Å². The Hall–Kier alpha value is -2.82. The number of carbonyl (C=O) groups excluding carboxylic acids is 1. The summed E-state index contributed by atoms with van der Waals surface area (Å²) < 4.78 is 0. The molecule has 0 aliphatic rings. The highest BCUT2D eigenvalue weighted by Gasteiger charge is 2.02. The van der Waals surface area contributed by atoms with Crippen molar-refractivity contribution in [1.29, 1.82) is 5.41 Å². The van der Waals surface area contributed by atoms with Gasteiger partial charge in [0.1, 0.15) is 5.84 Å². The van der Waals surface area contributed by atoms with Gasteiger partial charge in [-0.25, -0.2) is 4.79 Å². The summed E-state index contributed by atoms with van der Waals surface area (Å²) in [7, 11) is 0. The quantitative estimate of drug-likeness (QED) is 0.501. The fourth-order valence-electron chi connectivity index (χ4n) is 1.55. The number of amides is 2. The minimum Gasteiger partial charge on any atom is -0.384 e. The predicted octanol–water partition coefficient (Wildman–Crippen LogP) is 2.61. The summed E-state index contributed by atoms with van der Waals surface area (Å²) >= 11 is 0. The number of nitrogens with two attached hydrogens (primary N) is 1. The van der Waals surface area contributed by atoms with Gasteiger partial charge < -0.3 is 16.4 Å². The van der Waals surface area contributed by atoms with E-state index in [1.54, 1.807) is 36.4 Å². The van der Waals surface area contributed by atoms with E-state index >= 15 is 0 Å². The topological polar surface area (TPSA) is 91.0 Å². The number of nitrogen functional groups attached to an aromatic ring is 1. The van der Waals surface area contributed by atoms with Crippen molar-refractivity contribution in [2.24, 2.45) is 5.73 Å². The molecule has 0 saturated carbocycles. The molecule has 2 aromatic carbocycles. The molecule has 5 nitrogen and oxygen atoms in total. The highest BCUT2D eigenvalue weighted by Crippen LogP contribution is 2.10. The van der Waals surface area contributed by atoms with E-state index in [0.29, 0.717) is 11.3 Å². The number of hydrogen-bond acceptors (Lipinski definition) is 2. The first-order valence-corrected chi connectivity index (χ1v) is 5.72. The van der Waals surface area contributed by atoms with Gasteiger partial charge in [-0.15, -0.1) is 0 Å². The van der Waals surface area contributed by atoms with Crippen molar-refractivity contribution in [3.63, 3.8) is 0 Å². The van der Waals surface area contributed by atoms with Gasteiger partial charge in [-0.05, 0) is 36.4 Å². The van der Waals surface area contributed by atoms with Gasteiger partial charge in [0.05, 0.1) is 0 Å². The number of para-hydroxylation sites is 1. The number of carbonyl (C=O) groups is 1. The first-order valence-electron chi connectivity index (χ1n) is 5.72. The van der Waals surface area contributed by atoms with Crippen molar-refractivity contribution in [2.75, 3.05) is 10.6 Å². The predicted molar refractivity (Wildman–Crippen MR) is 76.5 cm³/mol. The molecule has 0 aliphatic carbocycles. The van der Waals surface area contributed by atoms with Crippen LogP contribution < -0.4 is 16.4 Å². The molecule has 0 heterocycles. The molecule has 0 radical (unpaired) electrons. The molecule has 0 aromatic heterocycles. The summed E-state index contributed by atoms with van der Waals surface area (Å²) in [5.74, 6) is 0.000266. The zero-order chi connectivity index (χ0) is 13.7. The Kier molecular flexibility index (Phi) is 3.78. The Morgan fingerprint density at radius 1 is 0.895 bits per heavy atom. The van der Waals surface area contributed by atoms with E-state index in [-0.39, 0.29) is 11.9 Å². The van der Waals surface area contributed by atoms with Gasteiger partial charge >= 0.3 is 6.03 Å². The fraction of sp³-hybridized carbons (Fsp3) is 0. The zero-order valence-electron chi connectivity index (χ0n) is 10.2. The van der Waals surface area contributed by atoms with E-state index in [4.69, 9.17) is 11.1 Å². The van der Waals surface area contributed by atoms with Crippen LogP contribution in [0.2, 0.25) is 0 Å². The van der Waals surface area contributed by atoms with Crippen LogP contribution in [-0.4, -0.2) is 11.9 Å². The number of rotatable bonds is 3. The minimum atomic E-state index is -0.318. The lowest BCUT2D eigenvalue weighted by atomic mass is 10.2. The summed E-state index contributed by atoms with van der Waals surface area (Å²) in [5, 5.41) is 12.7. The van der Waals surface area contributed by atoms with Crippen molar-refractivity contribution in [1.82, 2.24) is 0 Å². The van der Waals surface area contributed by atoms with Crippen LogP contribution in [0.3, 0.4) is 0 Å². The van der Waals surface area contributed by atoms with Gasteiger partial charge in [-0.2, -0.15) is 0 Å². The van der Waals surface area contributed by atoms with Gasteiger partial charge in [0.2, 0.25) is 0 Å². The Labute approximate surface area is 111 Å². The number of amidine groups is 1. The van der Waals surface area contributed by atoms with Crippen molar-refractivity contribution < 1.29 is 4.79 Å². The summed E-state index contributed by atoms with van der Waals surface area (Å²) in [5.41, 5.74) is 7.33. The lowest BCUT2D eigenvalue weighted by Crippen LogP contribution is -2.19. The van der Waals surface area contributed by atoms with Crippen LogP contribution in [0, 0.1) is 5.41 Å². The number of nitrogens with one attached hydrogen (secondary N) is 3. The second-order valence-electron chi connectivity index (χ2n) is 3.94. The van der Waals surface area contributed by atoms with Crippen LogP contribution in [-0.2, 0) is 0 Å². The third-order valence-electron chi connectivity index (χ3n) is 2.49. The molecule has 2 rings (SSSR count). The highest BCUT2D eigenvalue weighted by molar-refractivity contribution is 6.00. The fourth-order valence-corrected chi connectivity index (χ4v) is 1.55. The largest absolute Gasteiger partial charge is 0.384 e. The molecule has 0 atom stereocenters. The molecule has 5 heteroatoms. The average Bonchev–Trinajstić information content (AvgIpc) is 2.40. The van der Waals surface area contributed by atoms with Gasteiger partial charge in [0.25, 0.3) is 0 Å². The second-order valence-corrected chi connectivity index (χ2v) is 3.94. The standard InChI is InChI=1S/C14H14N4O/c15-13(16)10-6-8-12(9-7-10)18-14(19)17-11-4-2-1-3-5-11/h1-9H,(H3,15,16)(H2,17,18,19). The van der Waals surface area contributed by atoms with E-state index in [0.717, 1.165) is 5.69 Å². The Balaban J connectivity index is 1.97. The molecule has 0 bridgehead atoms. The van der Waals surface area contributed by atoms with Gasteiger partial charge in [-0.3, -0.25) is 5.41 Å². The Morgan fingerprint density at radius 2 is 1.42 bits per heavy atom. The van der Waals surface area contributed by atoms with Gasteiger partial charge in [0, 0.05) is 16.9 Å². The lowest BCUT2D eigenvalue weighted by molar-refractivity contribution is 0.262. The smallest absolute Gasteiger partial charge is 0.323 e. The van der Waals surface area contributed by atoms with Crippen molar-refractivity contribution >= 4 is 23.2 Å². The highest BCUT2D eigenvalue weighted by atomic mass is 16.2. The Bertz CT molecular complexity index is 578. The molecule has 0 fully saturated rings. The molecule has 0 spiro atoms. The molecule has 0 unspecified atom stereocenters. The molecule has 2 aromatic rings. The maximum absolute atomic E-state index is 11.7. The third kappa shape index (κ3) is 3.57. The molecular formula is C14H14N4O. The van der Waals surface area contributed by atoms with Crippen LogP contribution in [0.15, 0.2) is 54.6 Å². The third-order valence-corrected chi connectivity index (χ3v) is 2.49. The molecule has 2 amide bonds. The molecule has 0 aliphatic heterocycles. The van der Waals surface area contributed by atoms with Crippen molar-refractivity contribution in [2.45, 2.75) is 0 Å². The summed E-state index contributed by atoms with van der Waals surface area (Å²) in [6.07, 6.45) is 0. The zero-order valence-corrected chi connectivity index (χ0v) is 10.2. The summed E-state index contributed by atoms with van der Waals surface area (Å²) in [6, 6.07) is 15.6. The number of urea groups is 1. The first-order chi connectivity index (χ1) is 9.15. The Morgan fingerprint density at radius 3 is 1.95 bits per heavy atom. The van der Waals surface area contributed by atoms with Crippen LogP contribution >= 0.6 is 0 Å². The SMILES string of the molecule is N=C(N)c1ccc(NC(=O)Nc2ccccc2)cc1. The monoisotopic (exact) mass is 254 g/mol. The maximum Gasteiger partial charge on any atom is 0.323 e. The number of anilines is 2. The van der Waals surface area contributed by atoms with E-state index in [9.17, 15) is 4.79 Å². The number of benzene rings is 2. The maximum atomic E-state index is 11.7. The lowest BCUT2D eigenvalue weighted by Gasteiger charge is -2.08. The summed E-state index contributed by atoms with van der Waals surface area (Å²) in [6.45, 7) is 0. The van der Waals surface area contributed by atoms with E-state index in [1.807, 2.05) is 18.2 Å². The molecular weight excluding hydrogens is 240 g/mol. The molecule has 19 heavy (non-hydrogen) atoms. The molecule has 96 valence electrons. The van der Waals surface area contributed by atoms with Gasteiger partial charge in [0.15, 0.2) is 0 Å². The van der Waals surface area contributed by atoms with Crippen LogP contribution in [0.5, 0.6) is 0 Å². The van der Waals surface area contributed by atoms with Gasteiger partial charge in [-0.1, -0.05) is 18.2 Å². The number of hydrogen-bond donors (Lipinski definition) is 4. The van der Waals surface area contributed by atoms with E-state index in [1.165, 1.54) is 0 Å². The minimum absolute atomic E-state index is 0.000266. The van der Waals surface area contributed by atoms with Crippen LogP contribution in [0.25, 0.3) is 0 Å². The van der Waals surface area contributed by atoms with Crippen molar-refractivity contribution in [3.8, 4) is 0 Å².